The van der Waals surface area contributed by atoms with Gasteiger partial charge in [-0.2, -0.15) is 0 Å². The number of carbonyl (C=O) groups is 1. The van der Waals surface area contributed by atoms with Gasteiger partial charge in [0.05, 0.1) is 12.2 Å². The van der Waals surface area contributed by atoms with E-state index in [-0.39, 0.29) is 22.2 Å². The Kier molecular flexibility index (Phi) is 5.16. The molecular weight excluding hydrogens is 359 g/mol. The summed E-state index contributed by atoms with van der Waals surface area (Å²) < 4.78 is 60.8. The highest BCUT2D eigenvalue weighted by Crippen LogP contribution is 2.35. The lowest BCUT2D eigenvalue weighted by molar-refractivity contribution is 0.0512. The lowest BCUT2D eigenvalue weighted by Gasteiger charge is -2.12. The van der Waals surface area contributed by atoms with Gasteiger partial charge in [-0.1, -0.05) is 23.2 Å². The predicted molar refractivity (Wildman–Crippen MR) is 77.7 cm³/mol. The van der Waals surface area contributed by atoms with Gasteiger partial charge in [-0.05, 0) is 30.7 Å². The minimum atomic E-state index is -1.85. The van der Waals surface area contributed by atoms with Crippen molar-refractivity contribution in [3.8, 4) is 11.1 Å². The lowest BCUT2D eigenvalue weighted by atomic mass is 10.0. The van der Waals surface area contributed by atoms with Crippen LogP contribution in [0.4, 0.5) is 17.6 Å². The molecule has 0 bridgehead atoms. The smallest absolute Gasteiger partial charge is 0.344 e. The first-order chi connectivity index (χ1) is 10.8. The van der Waals surface area contributed by atoms with Crippen LogP contribution < -0.4 is 0 Å². The number of benzene rings is 2. The zero-order valence-corrected chi connectivity index (χ0v) is 13.0. The summed E-state index contributed by atoms with van der Waals surface area (Å²) in [6.07, 6.45) is 0. The van der Waals surface area contributed by atoms with E-state index in [0.29, 0.717) is 0 Å². The molecule has 2 aromatic carbocycles. The van der Waals surface area contributed by atoms with Gasteiger partial charge >= 0.3 is 5.97 Å². The molecule has 0 radical (unpaired) electrons. The molecule has 122 valence electrons. The number of carbonyl (C=O) groups excluding carboxylic acids is 1. The van der Waals surface area contributed by atoms with Crippen LogP contribution in [0.5, 0.6) is 0 Å². The van der Waals surface area contributed by atoms with Gasteiger partial charge in [0.25, 0.3) is 0 Å². The number of hydrogen-bond acceptors (Lipinski definition) is 2. The molecule has 0 saturated heterocycles. The molecule has 2 rings (SSSR count). The van der Waals surface area contributed by atoms with E-state index in [0.717, 1.165) is 12.1 Å². The summed E-state index contributed by atoms with van der Waals surface area (Å²) in [4.78, 5) is 11.5. The Labute approximate surface area is 138 Å². The van der Waals surface area contributed by atoms with E-state index in [1.54, 1.807) is 0 Å². The van der Waals surface area contributed by atoms with Crippen LogP contribution in [0.25, 0.3) is 11.1 Å². The minimum Gasteiger partial charge on any atom is -0.462 e. The Bertz CT molecular complexity index is 744. The van der Waals surface area contributed by atoms with Crippen LogP contribution in [0.15, 0.2) is 18.2 Å². The minimum absolute atomic E-state index is 0.0154. The van der Waals surface area contributed by atoms with Crippen molar-refractivity contribution in [2.45, 2.75) is 6.92 Å². The van der Waals surface area contributed by atoms with Gasteiger partial charge in [-0.25, -0.2) is 22.4 Å². The molecule has 0 unspecified atom stereocenters. The Morgan fingerprint density at radius 2 is 1.43 bits per heavy atom. The molecule has 0 heterocycles. The predicted octanol–water partition coefficient (Wildman–Crippen LogP) is 5.39. The molecule has 0 aliphatic rings. The fraction of sp³-hybridized carbons (Fsp3) is 0.133. The zero-order chi connectivity index (χ0) is 17.3. The Morgan fingerprint density at radius 3 is 1.87 bits per heavy atom. The van der Waals surface area contributed by atoms with Gasteiger partial charge < -0.3 is 4.74 Å². The van der Waals surface area contributed by atoms with Crippen molar-refractivity contribution in [2.75, 3.05) is 6.61 Å². The van der Waals surface area contributed by atoms with Gasteiger partial charge in [0.2, 0.25) is 0 Å². The van der Waals surface area contributed by atoms with E-state index in [1.165, 1.54) is 13.0 Å². The Balaban J connectivity index is 2.75. The highest BCUT2D eigenvalue weighted by molar-refractivity contribution is 6.35. The van der Waals surface area contributed by atoms with E-state index >= 15 is 0 Å². The maximum Gasteiger partial charge on any atom is 0.344 e. The zero-order valence-electron chi connectivity index (χ0n) is 11.5. The van der Waals surface area contributed by atoms with Crippen LogP contribution in [0.3, 0.4) is 0 Å². The molecule has 0 saturated carbocycles. The van der Waals surface area contributed by atoms with E-state index in [4.69, 9.17) is 23.2 Å². The number of rotatable bonds is 3. The molecule has 0 aliphatic heterocycles. The molecule has 0 fully saturated rings. The second-order valence-corrected chi connectivity index (χ2v) is 5.26. The van der Waals surface area contributed by atoms with E-state index < -0.39 is 40.4 Å². The van der Waals surface area contributed by atoms with Gasteiger partial charge in [0.1, 0.15) is 5.56 Å². The molecule has 2 aromatic rings. The van der Waals surface area contributed by atoms with Crippen molar-refractivity contribution < 1.29 is 27.1 Å². The third-order valence-corrected chi connectivity index (χ3v) is 3.33. The molecular formula is C15H8Cl2F4O2. The fourth-order valence-corrected chi connectivity index (χ4v) is 2.49. The fourth-order valence-electron chi connectivity index (χ4n) is 1.97. The van der Waals surface area contributed by atoms with Crippen LogP contribution in [0.2, 0.25) is 10.0 Å². The van der Waals surface area contributed by atoms with E-state index in [2.05, 4.69) is 4.74 Å². The third-order valence-electron chi connectivity index (χ3n) is 2.89. The quantitative estimate of drug-likeness (QED) is 0.413. The molecule has 8 heteroatoms. The van der Waals surface area contributed by atoms with E-state index in [1.807, 2.05) is 0 Å². The van der Waals surface area contributed by atoms with Crippen molar-refractivity contribution in [2.24, 2.45) is 0 Å². The SMILES string of the molecule is CCOC(=O)c1c(F)c(F)c(-c2cc(Cl)cc(Cl)c2)c(F)c1F. The number of hydrogen-bond donors (Lipinski definition) is 0. The topological polar surface area (TPSA) is 26.3 Å². The standard InChI is InChI=1S/C15H8Cl2F4O2/c1-2-23-15(22)10-13(20)11(18)9(12(19)14(10)21)6-3-7(16)5-8(17)4-6/h3-5H,2H2,1H3. The molecule has 0 atom stereocenters. The average Bonchev–Trinajstić information content (AvgIpc) is 2.45. The van der Waals surface area contributed by atoms with Gasteiger partial charge in [-0.15, -0.1) is 0 Å². The highest BCUT2D eigenvalue weighted by atomic mass is 35.5. The molecule has 0 amide bonds. The van der Waals surface area contributed by atoms with Crippen molar-refractivity contribution >= 4 is 29.2 Å². The summed E-state index contributed by atoms with van der Waals surface area (Å²) in [5, 5.41) is 0.0307. The number of halogens is 6. The molecule has 0 N–H and O–H groups in total. The molecule has 0 aliphatic carbocycles. The van der Waals surface area contributed by atoms with Crippen molar-refractivity contribution in [3.05, 3.63) is 57.1 Å². The molecule has 23 heavy (non-hydrogen) atoms. The Morgan fingerprint density at radius 1 is 0.957 bits per heavy atom. The normalized spacial score (nSPS) is 10.7. The molecule has 0 spiro atoms. The summed E-state index contributed by atoms with van der Waals surface area (Å²) in [5.41, 5.74) is -2.72. The largest absolute Gasteiger partial charge is 0.462 e. The molecule has 0 aromatic heterocycles. The summed E-state index contributed by atoms with van der Waals surface area (Å²) in [6, 6.07) is 3.44. The van der Waals surface area contributed by atoms with Gasteiger partial charge in [-0.3, -0.25) is 0 Å². The average molecular weight is 367 g/mol. The number of ether oxygens (including phenoxy) is 1. The second-order valence-electron chi connectivity index (χ2n) is 4.38. The number of esters is 1. The third kappa shape index (κ3) is 3.28. The van der Waals surface area contributed by atoms with Crippen molar-refractivity contribution in [1.82, 2.24) is 0 Å². The first kappa shape index (κ1) is 17.6. The van der Waals surface area contributed by atoms with Crippen LogP contribution >= 0.6 is 23.2 Å². The van der Waals surface area contributed by atoms with Crippen LogP contribution in [0, 0.1) is 23.3 Å². The van der Waals surface area contributed by atoms with Gasteiger partial charge in [0.15, 0.2) is 23.3 Å². The maximum atomic E-state index is 14.2. The second kappa shape index (κ2) is 6.76. The first-order valence-electron chi connectivity index (χ1n) is 6.27. The van der Waals surface area contributed by atoms with Gasteiger partial charge in [0, 0.05) is 10.0 Å². The van der Waals surface area contributed by atoms with E-state index in [9.17, 15) is 22.4 Å². The van der Waals surface area contributed by atoms with Crippen LogP contribution in [-0.2, 0) is 4.74 Å². The summed E-state index contributed by atoms with van der Waals surface area (Å²) in [5.74, 6) is -8.70. The monoisotopic (exact) mass is 366 g/mol. The van der Waals surface area contributed by atoms with Crippen LogP contribution in [0.1, 0.15) is 17.3 Å². The maximum absolute atomic E-state index is 14.2. The van der Waals surface area contributed by atoms with Crippen molar-refractivity contribution in [3.63, 3.8) is 0 Å². The highest BCUT2D eigenvalue weighted by Gasteiger charge is 2.31. The molecule has 2 nitrogen and oxygen atoms in total. The van der Waals surface area contributed by atoms with Crippen molar-refractivity contribution in [1.29, 1.82) is 0 Å². The summed E-state index contributed by atoms with van der Waals surface area (Å²) >= 11 is 11.4. The summed E-state index contributed by atoms with van der Waals surface area (Å²) in [6.45, 7) is 1.16. The first-order valence-corrected chi connectivity index (χ1v) is 7.03. The Hall–Kier alpha value is -1.79. The lowest BCUT2D eigenvalue weighted by Crippen LogP contribution is -2.14. The van der Waals surface area contributed by atoms with Crippen LogP contribution in [-0.4, -0.2) is 12.6 Å². The summed E-state index contributed by atoms with van der Waals surface area (Å²) in [7, 11) is 0.